The molecule has 27 heavy (non-hydrogen) atoms. The Morgan fingerprint density at radius 1 is 1.19 bits per heavy atom. The van der Waals surface area contributed by atoms with Gasteiger partial charge in [-0.05, 0) is 16.4 Å². The average molecular weight is 372 g/mol. The van der Waals surface area contributed by atoms with Crippen molar-refractivity contribution in [2.45, 2.75) is 6.54 Å². The number of aromatic nitrogens is 7. The fourth-order valence-corrected chi connectivity index (χ4v) is 2.89. The molecule has 0 bridgehead atoms. The number of hydrogen-bond donors (Lipinski definition) is 2. The number of anilines is 2. The van der Waals surface area contributed by atoms with Gasteiger partial charge in [-0.3, -0.25) is 4.90 Å². The lowest BCUT2D eigenvalue weighted by Crippen LogP contribution is -2.46. The molecule has 140 valence electrons. The van der Waals surface area contributed by atoms with Crippen molar-refractivity contribution >= 4 is 17.7 Å². The number of carboxylic acids is 1. The van der Waals surface area contributed by atoms with E-state index in [1.807, 2.05) is 0 Å². The van der Waals surface area contributed by atoms with E-state index >= 15 is 0 Å². The second-order valence-corrected chi connectivity index (χ2v) is 5.89. The molecule has 3 aromatic rings. The Kier molecular flexibility index (Phi) is 4.33. The lowest BCUT2D eigenvalue weighted by Gasteiger charge is -2.34. The number of nitrogens with two attached hydrogens (primary N) is 1. The van der Waals surface area contributed by atoms with Crippen molar-refractivity contribution in [1.82, 2.24) is 40.2 Å². The zero-order chi connectivity index (χ0) is 18.8. The molecule has 1 aliphatic heterocycles. The lowest BCUT2D eigenvalue weighted by atomic mass is 10.2. The first kappa shape index (κ1) is 16.8. The summed E-state index contributed by atoms with van der Waals surface area (Å²) in [7, 11) is 0. The van der Waals surface area contributed by atoms with Gasteiger partial charge in [-0.15, -0.1) is 5.10 Å². The second kappa shape index (κ2) is 6.95. The van der Waals surface area contributed by atoms with Crippen LogP contribution in [0.5, 0.6) is 0 Å². The van der Waals surface area contributed by atoms with Crippen molar-refractivity contribution in [3.63, 3.8) is 0 Å². The summed E-state index contributed by atoms with van der Waals surface area (Å²) in [5, 5.41) is 24.2. The van der Waals surface area contributed by atoms with Crippen LogP contribution in [0.25, 0.3) is 5.82 Å². The summed E-state index contributed by atoms with van der Waals surface area (Å²) in [4.78, 5) is 24.2. The van der Waals surface area contributed by atoms with Crippen LogP contribution in [0.3, 0.4) is 0 Å². The number of piperazine rings is 1. The Morgan fingerprint density at radius 3 is 2.56 bits per heavy atom. The minimum absolute atomic E-state index is 0.00383. The van der Waals surface area contributed by atoms with E-state index in [0.29, 0.717) is 44.4 Å². The number of nitrogens with zero attached hydrogens (tertiary/aromatic N) is 9. The third kappa shape index (κ3) is 3.27. The highest BCUT2D eigenvalue weighted by atomic mass is 16.6. The third-order valence-electron chi connectivity index (χ3n) is 4.24. The molecule has 4 heterocycles. The highest BCUT2D eigenvalue weighted by molar-refractivity contribution is 5.86. The van der Waals surface area contributed by atoms with E-state index in [9.17, 15) is 9.90 Å². The summed E-state index contributed by atoms with van der Waals surface area (Å²) in [6.45, 7) is 3.11. The van der Waals surface area contributed by atoms with E-state index in [2.05, 4.69) is 45.0 Å². The monoisotopic (exact) mass is 372 g/mol. The molecule has 4 rings (SSSR count). The maximum absolute atomic E-state index is 11.5. The summed E-state index contributed by atoms with van der Waals surface area (Å²) in [5.41, 5.74) is 5.90. The number of aromatic carboxylic acids is 1. The molecule has 3 aromatic heterocycles. The molecule has 0 atom stereocenters. The van der Waals surface area contributed by atoms with Crippen LogP contribution in [-0.2, 0) is 6.54 Å². The van der Waals surface area contributed by atoms with Gasteiger partial charge in [0.25, 0.3) is 0 Å². The van der Waals surface area contributed by atoms with Crippen LogP contribution in [0, 0.1) is 0 Å². The van der Waals surface area contributed by atoms with Crippen LogP contribution in [0.1, 0.15) is 16.2 Å². The standard InChI is InChI=1S/C14H16N10O3/c15-11-12(20-27-19-11)24-9(10(13(25)26)18-21-24)8-22-4-6-23(7-5-22)14-16-2-1-3-17-14/h1-3H,4-8H2,(H2,15,19)(H,25,26). The van der Waals surface area contributed by atoms with Gasteiger partial charge in [0, 0.05) is 45.1 Å². The normalized spacial score (nSPS) is 15.2. The first-order chi connectivity index (χ1) is 13.1. The highest BCUT2D eigenvalue weighted by Gasteiger charge is 2.27. The first-order valence-corrected chi connectivity index (χ1v) is 8.14. The van der Waals surface area contributed by atoms with Crippen molar-refractivity contribution in [3.8, 4) is 5.82 Å². The molecule has 0 spiro atoms. The van der Waals surface area contributed by atoms with Crippen molar-refractivity contribution in [2.75, 3.05) is 36.8 Å². The summed E-state index contributed by atoms with van der Waals surface area (Å²) in [5.74, 6) is -0.385. The molecule has 1 fully saturated rings. The largest absolute Gasteiger partial charge is 0.476 e. The highest BCUT2D eigenvalue weighted by Crippen LogP contribution is 2.19. The van der Waals surface area contributed by atoms with Crippen LogP contribution in [0.15, 0.2) is 23.1 Å². The Bertz CT molecular complexity index is 932. The number of carbonyl (C=O) groups is 1. The molecule has 13 nitrogen and oxygen atoms in total. The van der Waals surface area contributed by atoms with Gasteiger partial charge in [0.15, 0.2) is 5.69 Å². The summed E-state index contributed by atoms with van der Waals surface area (Å²) in [6.07, 6.45) is 3.41. The maximum Gasteiger partial charge on any atom is 0.358 e. The molecule has 0 amide bonds. The lowest BCUT2D eigenvalue weighted by molar-refractivity contribution is 0.0687. The summed E-state index contributed by atoms with van der Waals surface area (Å²) < 4.78 is 5.83. The number of hydrogen-bond acceptors (Lipinski definition) is 11. The van der Waals surface area contributed by atoms with Crippen molar-refractivity contribution in [2.24, 2.45) is 0 Å². The van der Waals surface area contributed by atoms with E-state index in [0.717, 1.165) is 0 Å². The van der Waals surface area contributed by atoms with Crippen LogP contribution >= 0.6 is 0 Å². The van der Waals surface area contributed by atoms with E-state index < -0.39 is 5.97 Å². The molecule has 1 saturated heterocycles. The predicted octanol–water partition coefficient (Wildman–Crippen LogP) is -0.957. The smallest absolute Gasteiger partial charge is 0.358 e. The van der Waals surface area contributed by atoms with E-state index in [1.165, 1.54) is 4.68 Å². The fraction of sp³-hybridized carbons (Fsp3) is 0.357. The van der Waals surface area contributed by atoms with Gasteiger partial charge < -0.3 is 15.7 Å². The zero-order valence-electron chi connectivity index (χ0n) is 14.1. The van der Waals surface area contributed by atoms with Crippen LogP contribution in [0.2, 0.25) is 0 Å². The quantitative estimate of drug-likeness (QED) is 0.564. The van der Waals surface area contributed by atoms with E-state index in [-0.39, 0.29) is 17.3 Å². The van der Waals surface area contributed by atoms with Crippen LogP contribution in [-0.4, -0.2) is 77.4 Å². The Balaban J connectivity index is 1.52. The zero-order valence-corrected chi connectivity index (χ0v) is 14.1. The van der Waals surface area contributed by atoms with Gasteiger partial charge in [0.2, 0.25) is 17.6 Å². The van der Waals surface area contributed by atoms with Gasteiger partial charge in [0.1, 0.15) is 0 Å². The van der Waals surface area contributed by atoms with Gasteiger partial charge in [0.05, 0.1) is 5.69 Å². The Labute approximate surface area is 152 Å². The molecule has 0 aliphatic carbocycles. The molecule has 0 saturated carbocycles. The van der Waals surface area contributed by atoms with Crippen molar-refractivity contribution in [1.29, 1.82) is 0 Å². The number of rotatable bonds is 5. The summed E-state index contributed by atoms with van der Waals surface area (Å²) in [6, 6.07) is 1.77. The summed E-state index contributed by atoms with van der Waals surface area (Å²) >= 11 is 0. The molecular weight excluding hydrogens is 356 g/mol. The molecule has 3 N–H and O–H groups in total. The van der Waals surface area contributed by atoms with Crippen LogP contribution in [0.4, 0.5) is 11.8 Å². The molecule has 0 aromatic carbocycles. The number of carboxylic acid groups (broad SMARTS) is 1. The van der Waals surface area contributed by atoms with Gasteiger partial charge in [-0.1, -0.05) is 5.21 Å². The van der Waals surface area contributed by atoms with Crippen LogP contribution < -0.4 is 10.6 Å². The molecular formula is C14H16N10O3. The topological polar surface area (TPSA) is 165 Å². The van der Waals surface area contributed by atoms with Gasteiger partial charge in [-0.2, -0.15) is 4.68 Å². The minimum Gasteiger partial charge on any atom is -0.476 e. The Hall–Kier alpha value is -3.61. The molecule has 0 unspecified atom stereocenters. The van der Waals surface area contributed by atoms with Crippen molar-refractivity contribution < 1.29 is 14.5 Å². The predicted molar refractivity (Wildman–Crippen MR) is 90.1 cm³/mol. The van der Waals surface area contributed by atoms with Gasteiger partial charge >= 0.3 is 5.97 Å². The third-order valence-corrected chi connectivity index (χ3v) is 4.24. The SMILES string of the molecule is Nc1nonc1-n1nnc(C(=O)O)c1CN1CCN(c2ncccn2)CC1. The Morgan fingerprint density at radius 2 is 1.93 bits per heavy atom. The maximum atomic E-state index is 11.5. The minimum atomic E-state index is -1.18. The fourth-order valence-electron chi connectivity index (χ4n) is 2.89. The second-order valence-electron chi connectivity index (χ2n) is 5.89. The molecule has 0 radical (unpaired) electrons. The van der Waals surface area contributed by atoms with E-state index in [4.69, 9.17) is 5.73 Å². The van der Waals surface area contributed by atoms with E-state index in [1.54, 1.807) is 18.5 Å². The molecule has 13 heteroatoms. The first-order valence-electron chi connectivity index (χ1n) is 8.14. The van der Waals surface area contributed by atoms with Gasteiger partial charge in [-0.25, -0.2) is 19.4 Å². The molecule has 1 aliphatic rings. The number of nitrogen functional groups attached to an aromatic ring is 1. The average Bonchev–Trinajstić information content (AvgIpc) is 3.29. The van der Waals surface area contributed by atoms with Crippen molar-refractivity contribution in [3.05, 3.63) is 29.8 Å².